The van der Waals surface area contributed by atoms with Gasteiger partial charge in [-0.25, -0.2) is 4.39 Å². The molecule has 0 saturated heterocycles. The van der Waals surface area contributed by atoms with Gasteiger partial charge in [0.05, 0.1) is 5.56 Å². The zero-order valence-electron chi connectivity index (χ0n) is 12.0. The van der Waals surface area contributed by atoms with E-state index in [0.29, 0.717) is 18.2 Å². The van der Waals surface area contributed by atoms with Crippen molar-refractivity contribution >= 4 is 11.6 Å². The van der Waals surface area contributed by atoms with E-state index < -0.39 is 5.82 Å². The van der Waals surface area contributed by atoms with Crippen molar-refractivity contribution in [1.29, 1.82) is 0 Å². The number of carbonyl (C=O) groups is 1. The Hall–Kier alpha value is -1.58. The van der Waals surface area contributed by atoms with Gasteiger partial charge in [-0.3, -0.25) is 4.79 Å². The van der Waals surface area contributed by atoms with Gasteiger partial charge in [0.15, 0.2) is 0 Å². The summed E-state index contributed by atoms with van der Waals surface area (Å²) in [6.07, 6.45) is 6.08. The van der Waals surface area contributed by atoms with Crippen molar-refractivity contribution in [1.82, 2.24) is 5.32 Å². The highest BCUT2D eigenvalue weighted by Gasteiger charge is 2.21. The lowest BCUT2D eigenvalue weighted by Crippen LogP contribution is -2.31. The lowest BCUT2D eigenvalue weighted by Gasteiger charge is -2.27. The van der Waals surface area contributed by atoms with Crippen molar-refractivity contribution in [3.63, 3.8) is 0 Å². The predicted molar refractivity (Wildman–Crippen MR) is 78.9 cm³/mol. The van der Waals surface area contributed by atoms with Gasteiger partial charge in [-0.05, 0) is 42.9 Å². The maximum Gasteiger partial charge on any atom is 0.253 e. The zero-order valence-corrected chi connectivity index (χ0v) is 12.0. The summed E-state index contributed by atoms with van der Waals surface area (Å²) in [5.41, 5.74) is 6.25. The maximum absolute atomic E-state index is 13.1. The van der Waals surface area contributed by atoms with Crippen LogP contribution >= 0.6 is 0 Å². The van der Waals surface area contributed by atoms with Gasteiger partial charge in [0.25, 0.3) is 5.91 Å². The number of amides is 1. The van der Waals surface area contributed by atoms with Gasteiger partial charge in [0, 0.05) is 12.2 Å². The van der Waals surface area contributed by atoms with E-state index in [1.807, 2.05) is 0 Å². The third kappa shape index (κ3) is 3.71. The Kier molecular flexibility index (Phi) is 4.99. The van der Waals surface area contributed by atoms with Gasteiger partial charge < -0.3 is 11.1 Å². The molecule has 0 unspecified atom stereocenters. The van der Waals surface area contributed by atoms with E-state index in [9.17, 15) is 9.18 Å². The summed E-state index contributed by atoms with van der Waals surface area (Å²) in [7, 11) is 0. The topological polar surface area (TPSA) is 55.1 Å². The lowest BCUT2D eigenvalue weighted by molar-refractivity contribution is 0.0941. The minimum absolute atomic E-state index is 0.229. The number of rotatable bonds is 4. The summed E-state index contributed by atoms with van der Waals surface area (Å²) in [4.78, 5) is 12.0. The number of hydrogen-bond donors (Lipinski definition) is 2. The molecular formula is C16H23FN2O. The molecule has 0 atom stereocenters. The second-order valence-corrected chi connectivity index (χ2v) is 5.74. The van der Waals surface area contributed by atoms with Crippen molar-refractivity contribution in [3.8, 4) is 0 Å². The normalized spacial score (nSPS) is 22.5. The van der Waals surface area contributed by atoms with Crippen LogP contribution < -0.4 is 11.1 Å². The fourth-order valence-electron chi connectivity index (χ4n) is 2.90. The second-order valence-electron chi connectivity index (χ2n) is 5.74. The summed E-state index contributed by atoms with van der Waals surface area (Å²) >= 11 is 0. The van der Waals surface area contributed by atoms with Gasteiger partial charge >= 0.3 is 0 Å². The van der Waals surface area contributed by atoms with E-state index in [-0.39, 0.29) is 11.5 Å². The van der Waals surface area contributed by atoms with Crippen molar-refractivity contribution in [2.24, 2.45) is 11.8 Å². The minimum Gasteiger partial charge on any atom is -0.398 e. The lowest BCUT2D eigenvalue weighted by atomic mass is 9.81. The van der Waals surface area contributed by atoms with Gasteiger partial charge in [-0.15, -0.1) is 0 Å². The molecule has 1 aromatic rings. The molecule has 0 bridgehead atoms. The first-order chi connectivity index (χ1) is 9.60. The number of benzene rings is 1. The molecular weight excluding hydrogens is 255 g/mol. The van der Waals surface area contributed by atoms with Crippen LogP contribution in [0, 0.1) is 17.7 Å². The van der Waals surface area contributed by atoms with E-state index in [1.165, 1.54) is 37.5 Å². The van der Waals surface area contributed by atoms with E-state index in [4.69, 9.17) is 5.73 Å². The summed E-state index contributed by atoms with van der Waals surface area (Å²) in [5.74, 6) is 0.671. The highest BCUT2D eigenvalue weighted by atomic mass is 19.1. The molecule has 3 N–H and O–H groups in total. The zero-order chi connectivity index (χ0) is 14.5. The van der Waals surface area contributed by atoms with Crippen molar-refractivity contribution in [3.05, 3.63) is 29.6 Å². The Bertz CT molecular complexity index is 468. The average molecular weight is 278 g/mol. The summed E-state index contributed by atoms with van der Waals surface area (Å²) in [5, 5.41) is 2.88. The molecule has 110 valence electrons. The smallest absolute Gasteiger partial charge is 0.253 e. The fraction of sp³-hybridized carbons (Fsp3) is 0.562. The Morgan fingerprint density at radius 1 is 1.30 bits per heavy atom. The van der Waals surface area contributed by atoms with E-state index in [1.54, 1.807) is 0 Å². The van der Waals surface area contributed by atoms with Crippen LogP contribution in [-0.4, -0.2) is 12.5 Å². The van der Waals surface area contributed by atoms with Gasteiger partial charge in [-0.2, -0.15) is 0 Å². The number of nitrogens with two attached hydrogens (primary N) is 1. The van der Waals surface area contributed by atoms with E-state index in [2.05, 4.69) is 12.2 Å². The number of nitrogen functional groups attached to an aromatic ring is 1. The van der Waals surface area contributed by atoms with Crippen LogP contribution in [0.1, 0.15) is 49.4 Å². The van der Waals surface area contributed by atoms with Gasteiger partial charge in [-0.1, -0.05) is 26.2 Å². The first kappa shape index (κ1) is 14.8. The second kappa shape index (κ2) is 6.73. The molecule has 1 amide bonds. The molecule has 0 spiro atoms. The van der Waals surface area contributed by atoms with Crippen molar-refractivity contribution in [2.75, 3.05) is 12.3 Å². The molecule has 4 heteroatoms. The molecule has 0 aromatic heterocycles. The third-order valence-electron chi connectivity index (χ3n) is 4.35. The van der Waals surface area contributed by atoms with Crippen LogP contribution in [-0.2, 0) is 0 Å². The van der Waals surface area contributed by atoms with Crippen LogP contribution in [0.5, 0.6) is 0 Å². The first-order valence-electron chi connectivity index (χ1n) is 7.43. The number of halogens is 1. The van der Waals surface area contributed by atoms with Gasteiger partial charge in [0.2, 0.25) is 0 Å². The van der Waals surface area contributed by atoms with Crippen LogP contribution in [0.3, 0.4) is 0 Å². The highest BCUT2D eigenvalue weighted by Crippen LogP contribution is 2.30. The number of hydrogen-bond acceptors (Lipinski definition) is 2. The van der Waals surface area contributed by atoms with Crippen LogP contribution in [0.15, 0.2) is 18.2 Å². The summed E-state index contributed by atoms with van der Waals surface area (Å²) in [6.45, 7) is 2.89. The highest BCUT2D eigenvalue weighted by molar-refractivity contribution is 5.99. The van der Waals surface area contributed by atoms with Gasteiger partial charge in [0.1, 0.15) is 5.82 Å². The molecule has 2 rings (SSSR count). The monoisotopic (exact) mass is 278 g/mol. The first-order valence-corrected chi connectivity index (χ1v) is 7.43. The molecule has 3 nitrogen and oxygen atoms in total. The largest absolute Gasteiger partial charge is 0.398 e. The van der Waals surface area contributed by atoms with E-state index >= 15 is 0 Å². The quantitative estimate of drug-likeness (QED) is 0.830. The molecule has 1 saturated carbocycles. The average Bonchev–Trinajstić information content (AvgIpc) is 2.47. The van der Waals surface area contributed by atoms with Crippen molar-refractivity contribution < 1.29 is 9.18 Å². The Labute approximate surface area is 119 Å². The molecule has 1 fully saturated rings. The van der Waals surface area contributed by atoms with Crippen LogP contribution in [0.2, 0.25) is 0 Å². The Balaban J connectivity index is 1.85. The molecule has 0 aliphatic heterocycles. The molecule has 1 aliphatic rings. The standard InChI is InChI=1S/C16H23FN2O/c1-2-11-3-5-12(6-4-11)10-19-16(20)14-9-13(17)7-8-15(14)18/h7-9,11-12H,2-6,10,18H2,1H3,(H,19,20). The van der Waals surface area contributed by atoms with E-state index in [0.717, 1.165) is 18.8 Å². The van der Waals surface area contributed by atoms with Crippen LogP contribution in [0.25, 0.3) is 0 Å². The molecule has 0 radical (unpaired) electrons. The third-order valence-corrected chi connectivity index (χ3v) is 4.35. The number of nitrogens with one attached hydrogen (secondary N) is 1. The van der Waals surface area contributed by atoms with Crippen molar-refractivity contribution in [2.45, 2.75) is 39.0 Å². The fourth-order valence-corrected chi connectivity index (χ4v) is 2.90. The summed E-state index contributed by atoms with van der Waals surface area (Å²) in [6, 6.07) is 3.88. The van der Waals surface area contributed by atoms with Crippen LogP contribution in [0.4, 0.5) is 10.1 Å². The molecule has 0 heterocycles. The molecule has 1 aromatic carbocycles. The Morgan fingerprint density at radius 2 is 1.95 bits per heavy atom. The molecule has 1 aliphatic carbocycles. The Morgan fingerprint density at radius 3 is 2.60 bits per heavy atom. The predicted octanol–water partition coefficient (Wildman–Crippen LogP) is 3.35. The number of carbonyl (C=O) groups excluding carboxylic acids is 1. The number of anilines is 1. The maximum atomic E-state index is 13.1. The summed E-state index contributed by atoms with van der Waals surface area (Å²) < 4.78 is 13.1. The molecule has 20 heavy (non-hydrogen) atoms. The SMILES string of the molecule is CCC1CCC(CNC(=O)c2cc(F)ccc2N)CC1. The minimum atomic E-state index is -0.437.